The molecule has 4 heterocycles. The topological polar surface area (TPSA) is 195 Å². The van der Waals surface area contributed by atoms with E-state index in [1.165, 1.54) is 47.4 Å². The lowest BCUT2D eigenvalue weighted by molar-refractivity contribution is -0.159. The summed E-state index contributed by atoms with van der Waals surface area (Å²) in [6.45, 7) is 0.791. The molecule has 0 aliphatic carbocycles. The Morgan fingerprint density at radius 1 is 1.11 bits per heavy atom. The summed E-state index contributed by atoms with van der Waals surface area (Å²) in [5, 5.41) is 20.7. The number of rotatable bonds is 5. The van der Waals surface area contributed by atoms with Gasteiger partial charge in [-0.15, -0.1) is 5.10 Å². The number of carbonyl (C=O) groups is 1. The van der Waals surface area contributed by atoms with Crippen LogP contribution in [0.1, 0.15) is 11.5 Å². The number of alkyl halides is 3. The zero-order chi connectivity index (χ0) is 31.2. The molecule has 2 aromatic carbocycles. The summed E-state index contributed by atoms with van der Waals surface area (Å²) < 4.78 is 80.4. The Hall–Kier alpha value is -4.86. The largest absolute Gasteiger partial charge is 0.471 e. The predicted molar refractivity (Wildman–Crippen MR) is 143 cm³/mol. The Morgan fingerprint density at radius 2 is 1.86 bits per heavy atom. The fourth-order valence-corrected chi connectivity index (χ4v) is 6.32. The summed E-state index contributed by atoms with van der Waals surface area (Å²) in [5.41, 5.74) is 7.09. The maximum Gasteiger partial charge on any atom is 0.471 e. The number of carbonyl (C=O) groups excluding carboxylic acids is 1. The van der Waals surface area contributed by atoms with Crippen LogP contribution in [0.5, 0.6) is 0 Å². The maximum atomic E-state index is 13.4. The van der Waals surface area contributed by atoms with Crippen LogP contribution in [0.2, 0.25) is 0 Å². The predicted octanol–water partition coefficient (Wildman–Crippen LogP) is 2.18. The molecule has 1 amide bonds. The van der Waals surface area contributed by atoms with Crippen molar-refractivity contribution >= 4 is 27.4 Å². The number of nitrogens with two attached hydrogens (primary N) is 1. The van der Waals surface area contributed by atoms with Crippen LogP contribution in [0.4, 0.5) is 24.9 Å². The second-order valence-corrected chi connectivity index (χ2v) is 11.9. The van der Waals surface area contributed by atoms with Gasteiger partial charge < -0.3 is 29.2 Å². The number of fused-ring (bicyclic) bond motifs is 1. The summed E-state index contributed by atoms with van der Waals surface area (Å²) in [5.74, 6) is -3.00. The fraction of sp³-hybridized carbons (Fsp3) is 0.308. The van der Waals surface area contributed by atoms with Crippen LogP contribution in [0, 0.1) is 11.3 Å². The highest BCUT2D eigenvalue weighted by Crippen LogP contribution is 2.36. The van der Waals surface area contributed by atoms with Gasteiger partial charge in [0.2, 0.25) is 17.6 Å². The molecule has 2 aliphatic rings. The van der Waals surface area contributed by atoms with Crippen molar-refractivity contribution in [1.29, 1.82) is 5.26 Å². The lowest BCUT2D eigenvalue weighted by atomic mass is 10.1. The van der Waals surface area contributed by atoms with E-state index in [0.717, 1.165) is 0 Å². The summed E-state index contributed by atoms with van der Waals surface area (Å²) in [4.78, 5) is 19.5. The number of morpholine rings is 1. The van der Waals surface area contributed by atoms with E-state index in [9.17, 15) is 31.6 Å². The maximum absolute atomic E-state index is 13.4. The average molecular weight is 631 g/mol. The number of nitrogens with zero attached hydrogens (tertiary/aromatic N) is 7. The molecule has 44 heavy (non-hydrogen) atoms. The highest BCUT2D eigenvalue weighted by Gasteiger charge is 2.39. The minimum atomic E-state index is -4.80. The van der Waals surface area contributed by atoms with Gasteiger partial charge in [-0.1, -0.05) is 34.5 Å². The van der Waals surface area contributed by atoms with E-state index >= 15 is 0 Å². The Balaban J connectivity index is 1.32. The average Bonchev–Trinajstić information content (AvgIpc) is 3.69. The molecule has 0 spiro atoms. The van der Waals surface area contributed by atoms with Gasteiger partial charge in [0, 0.05) is 17.7 Å². The van der Waals surface area contributed by atoms with Crippen molar-refractivity contribution in [2.45, 2.75) is 29.8 Å². The van der Waals surface area contributed by atoms with E-state index in [0.29, 0.717) is 17.7 Å². The minimum absolute atomic E-state index is 0.0354. The summed E-state index contributed by atoms with van der Waals surface area (Å²) in [7, 11) is -3.98. The first-order valence-corrected chi connectivity index (χ1v) is 14.6. The second-order valence-electron chi connectivity index (χ2n) is 9.94. The van der Waals surface area contributed by atoms with Crippen LogP contribution in [-0.4, -0.2) is 72.3 Å². The number of nitriles is 1. The van der Waals surface area contributed by atoms with Gasteiger partial charge in [0.15, 0.2) is 15.9 Å². The van der Waals surface area contributed by atoms with E-state index in [2.05, 4.69) is 24.9 Å². The van der Waals surface area contributed by atoms with Crippen molar-refractivity contribution in [3.05, 3.63) is 53.9 Å². The summed E-state index contributed by atoms with van der Waals surface area (Å²) >= 11 is 0. The molecule has 2 atom stereocenters. The van der Waals surface area contributed by atoms with E-state index in [1.54, 1.807) is 4.90 Å². The van der Waals surface area contributed by atoms with Gasteiger partial charge in [0.25, 0.3) is 0 Å². The SMILES string of the molecule is N#CC1CN(c2nnc(-c3ccc4c(c3)N(Cc3ccc(-c5noc(C(F)(F)F)n5)cc3)C(=O)[C@@H](N)CS4(=O)=O)o2)CCO1. The van der Waals surface area contributed by atoms with Gasteiger partial charge in [-0.05, 0) is 23.8 Å². The number of hydrogen-bond acceptors (Lipinski definition) is 13. The van der Waals surface area contributed by atoms with Gasteiger partial charge in [0.05, 0.1) is 48.1 Å². The van der Waals surface area contributed by atoms with Crippen molar-refractivity contribution in [3.63, 3.8) is 0 Å². The van der Waals surface area contributed by atoms with Gasteiger partial charge >= 0.3 is 18.1 Å². The molecule has 2 N–H and O–H groups in total. The molecule has 18 heteroatoms. The van der Waals surface area contributed by atoms with Crippen LogP contribution in [-0.2, 0) is 32.1 Å². The molecule has 228 valence electrons. The Labute approximate surface area is 246 Å². The Kier molecular flexibility index (Phi) is 7.31. The normalized spacial score (nSPS) is 20.2. The van der Waals surface area contributed by atoms with Gasteiger partial charge in [-0.25, -0.2) is 8.42 Å². The number of amides is 1. The van der Waals surface area contributed by atoms with Crippen LogP contribution < -0.4 is 15.5 Å². The van der Waals surface area contributed by atoms with Crippen molar-refractivity contribution in [2.75, 3.05) is 35.2 Å². The minimum Gasteiger partial charge on any atom is -0.403 e. The van der Waals surface area contributed by atoms with E-state index < -0.39 is 45.7 Å². The molecule has 1 fully saturated rings. The highest BCUT2D eigenvalue weighted by molar-refractivity contribution is 7.91. The number of halogens is 3. The van der Waals surface area contributed by atoms with E-state index in [4.69, 9.17) is 14.9 Å². The molecule has 2 aromatic heterocycles. The number of aromatic nitrogens is 4. The quantitative estimate of drug-likeness (QED) is 0.337. The molecule has 4 aromatic rings. The molecule has 6 rings (SSSR count). The zero-order valence-corrected chi connectivity index (χ0v) is 23.2. The standard InChI is InChI=1S/C26H21F3N8O6S/c27-26(28,29)24-32-21(35-43-24)15-3-1-14(2-4-15)11-37-19-9-16(5-6-20(19)44(39,40)13-18(31)23(37)38)22-33-34-25(42-22)36-7-8-41-17(10-30)12-36/h1-6,9,17-18H,7-8,11-13,31H2/t17?,18-/m0/s1. The third kappa shape index (κ3) is 5.59. The Bertz CT molecular complexity index is 1870. The van der Waals surface area contributed by atoms with Crippen LogP contribution in [0.15, 0.2) is 56.3 Å². The van der Waals surface area contributed by atoms with Crippen LogP contribution in [0.25, 0.3) is 22.8 Å². The molecule has 1 unspecified atom stereocenters. The van der Waals surface area contributed by atoms with Crippen LogP contribution in [0.3, 0.4) is 0 Å². The number of sulfone groups is 1. The van der Waals surface area contributed by atoms with Crippen molar-refractivity contribution in [2.24, 2.45) is 5.73 Å². The smallest absolute Gasteiger partial charge is 0.403 e. The van der Waals surface area contributed by atoms with Crippen molar-refractivity contribution in [3.8, 4) is 28.9 Å². The number of ether oxygens (including phenoxy) is 1. The second kappa shape index (κ2) is 11.0. The molecule has 2 aliphatic heterocycles. The number of anilines is 2. The van der Waals surface area contributed by atoms with E-state index in [-0.39, 0.29) is 53.6 Å². The first kappa shape index (κ1) is 29.2. The zero-order valence-electron chi connectivity index (χ0n) is 22.4. The molecule has 0 saturated carbocycles. The van der Waals surface area contributed by atoms with Gasteiger partial charge in [-0.2, -0.15) is 23.4 Å². The number of benzene rings is 2. The molecule has 0 bridgehead atoms. The van der Waals surface area contributed by atoms with E-state index in [1.807, 2.05) is 6.07 Å². The molecule has 0 radical (unpaired) electrons. The third-order valence-corrected chi connectivity index (χ3v) is 8.74. The van der Waals surface area contributed by atoms with Gasteiger partial charge in [0.1, 0.15) is 0 Å². The molecular weight excluding hydrogens is 609 g/mol. The van der Waals surface area contributed by atoms with Crippen molar-refractivity contribution < 1.29 is 40.1 Å². The molecular formula is C26H21F3N8O6S. The van der Waals surface area contributed by atoms with Crippen LogP contribution >= 0.6 is 0 Å². The Morgan fingerprint density at radius 3 is 2.57 bits per heavy atom. The monoisotopic (exact) mass is 630 g/mol. The summed E-state index contributed by atoms with van der Waals surface area (Å²) in [6, 6.07) is 11.0. The third-order valence-electron chi connectivity index (χ3n) is 6.93. The first-order chi connectivity index (χ1) is 20.9. The number of hydrogen-bond donors (Lipinski definition) is 1. The van der Waals surface area contributed by atoms with Crippen molar-refractivity contribution in [1.82, 2.24) is 20.3 Å². The van der Waals surface area contributed by atoms with Gasteiger partial charge in [-0.3, -0.25) is 4.79 Å². The lowest BCUT2D eigenvalue weighted by Gasteiger charge is -2.27. The lowest BCUT2D eigenvalue weighted by Crippen LogP contribution is -2.45. The highest BCUT2D eigenvalue weighted by atomic mass is 32.2. The molecule has 1 saturated heterocycles. The molecule has 14 nitrogen and oxygen atoms in total. The summed E-state index contributed by atoms with van der Waals surface area (Å²) in [6.07, 6.45) is -5.46. The first-order valence-electron chi connectivity index (χ1n) is 13.0. The fourth-order valence-electron chi connectivity index (χ4n) is 4.76.